The number of thiocarbonyl (C=S) groups is 1. The molecule has 1 aliphatic heterocycles. The standard InChI is InChI=1S/C14H29NO2SSi2/c1-10(2)20(7,8)15-11(9-12(16)17-3)13(14(15)18)19(4,5)6/h10-11,13H,9H2,1-8H3. The average molecular weight is 332 g/mol. The van der Waals surface area contributed by atoms with E-state index in [1.54, 1.807) is 0 Å². The van der Waals surface area contributed by atoms with Crippen molar-refractivity contribution in [2.24, 2.45) is 0 Å². The van der Waals surface area contributed by atoms with Gasteiger partial charge in [-0.15, -0.1) is 0 Å². The molecule has 2 unspecified atom stereocenters. The first-order valence-corrected chi connectivity index (χ1v) is 14.4. The molecule has 0 N–H and O–H groups in total. The van der Waals surface area contributed by atoms with E-state index in [-0.39, 0.29) is 12.0 Å². The summed E-state index contributed by atoms with van der Waals surface area (Å²) >= 11 is 5.75. The summed E-state index contributed by atoms with van der Waals surface area (Å²) in [5.41, 5.74) is 1.05. The fourth-order valence-corrected chi connectivity index (χ4v) is 9.94. The predicted molar refractivity (Wildman–Crippen MR) is 94.5 cm³/mol. The van der Waals surface area contributed by atoms with Gasteiger partial charge < -0.3 is 9.30 Å². The minimum absolute atomic E-state index is 0.112. The lowest BCUT2D eigenvalue weighted by Crippen LogP contribution is -2.72. The molecular weight excluding hydrogens is 302 g/mol. The Bertz CT molecular complexity index is 404. The van der Waals surface area contributed by atoms with E-state index < -0.39 is 16.3 Å². The van der Waals surface area contributed by atoms with Gasteiger partial charge in [-0.05, 0) is 5.54 Å². The highest BCUT2D eigenvalue weighted by molar-refractivity contribution is 7.81. The van der Waals surface area contributed by atoms with Crippen LogP contribution in [-0.2, 0) is 9.53 Å². The van der Waals surface area contributed by atoms with Gasteiger partial charge in [-0.1, -0.05) is 58.8 Å². The summed E-state index contributed by atoms with van der Waals surface area (Å²) < 4.78 is 7.33. The highest BCUT2D eigenvalue weighted by Crippen LogP contribution is 2.47. The number of nitrogens with zero attached hydrogens (tertiary/aromatic N) is 1. The van der Waals surface area contributed by atoms with E-state index >= 15 is 0 Å². The van der Waals surface area contributed by atoms with Crippen LogP contribution in [0, 0.1) is 0 Å². The van der Waals surface area contributed by atoms with Crippen LogP contribution in [0.25, 0.3) is 0 Å². The van der Waals surface area contributed by atoms with Crippen LogP contribution in [0.15, 0.2) is 0 Å². The van der Waals surface area contributed by atoms with Gasteiger partial charge in [0.1, 0.15) is 0 Å². The molecule has 0 radical (unpaired) electrons. The fraction of sp³-hybridized carbons (Fsp3) is 0.857. The van der Waals surface area contributed by atoms with Crippen molar-refractivity contribution in [2.75, 3.05) is 7.11 Å². The van der Waals surface area contributed by atoms with Crippen LogP contribution in [0.4, 0.5) is 0 Å². The highest BCUT2D eigenvalue weighted by atomic mass is 32.1. The lowest BCUT2D eigenvalue weighted by Gasteiger charge is -2.61. The first kappa shape index (κ1) is 17.8. The van der Waals surface area contributed by atoms with Gasteiger partial charge in [0.15, 0.2) is 8.24 Å². The number of hydrogen-bond acceptors (Lipinski definition) is 3. The van der Waals surface area contributed by atoms with Crippen LogP contribution < -0.4 is 0 Å². The van der Waals surface area contributed by atoms with Crippen molar-refractivity contribution in [1.82, 2.24) is 4.57 Å². The average Bonchev–Trinajstić information content (AvgIpc) is 2.25. The van der Waals surface area contributed by atoms with E-state index in [4.69, 9.17) is 17.0 Å². The monoisotopic (exact) mass is 331 g/mol. The van der Waals surface area contributed by atoms with Gasteiger partial charge in [-0.25, -0.2) is 0 Å². The third-order valence-electron chi connectivity index (χ3n) is 4.79. The van der Waals surface area contributed by atoms with E-state index in [0.717, 1.165) is 4.99 Å². The third-order valence-corrected chi connectivity index (χ3v) is 12.8. The molecule has 1 saturated heterocycles. The number of hydrogen-bond donors (Lipinski definition) is 0. The zero-order valence-electron chi connectivity index (χ0n) is 14.1. The summed E-state index contributed by atoms with van der Waals surface area (Å²) in [6.07, 6.45) is 0.481. The lowest BCUT2D eigenvalue weighted by atomic mass is 10.0. The number of rotatable bonds is 5. The van der Waals surface area contributed by atoms with Crippen LogP contribution in [-0.4, -0.2) is 45.0 Å². The van der Waals surface area contributed by atoms with Crippen molar-refractivity contribution in [2.45, 2.75) is 70.1 Å². The summed E-state index contributed by atoms with van der Waals surface area (Å²) in [5, 5.41) is 0. The molecule has 0 aromatic heterocycles. The van der Waals surface area contributed by atoms with Crippen molar-refractivity contribution in [1.29, 1.82) is 0 Å². The number of methoxy groups -OCH3 is 1. The van der Waals surface area contributed by atoms with E-state index in [0.29, 0.717) is 17.5 Å². The summed E-state index contributed by atoms with van der Waals surface area (Å²) in [6, 6.07) is 0.269. The van der Waals surface area contributed by atoms with Gasteiger partial charge in [0, 0.05) is 11.6 Å². The molecule has 3 nitrogen and oxygen atoms in total. The SMILES string of the molecule is COC(=O)CC1C([Si](C)(C)C)C(=S)N1[Si](C)(C)C(C)C. The Hall–Kier alpha value is -0.206. The van der Waals surface area contributed by atoms with Crippen LogP contribution in [0.5, 0.6) is 0 Å². The molecule has 20 heavy (non-hydrogen) atoms. The maximum Gasteiger partial charge on any atom is 0.307 e. The first-order chi connectivity index (χ1) is 8.94. The van der Waals surface area contributed by atoms with Gasteiger partial charge in [-0.2, -0.15) is 0 Å². The number of carbonyl (C=O) groups excluding carboxylic acids is 1. The van der Waals surface area contributed by atoms with E-state index in [1.807, 2.05) is 0 Å². The van der Waals surface area contributed by atoms with E-state index in [1.165, 1.54) is 7.11 Å². The Kier molecular flexibility index (Phi) is 5.25. The Morgan fingerprint density at radius 1 is 1.30 bits per heavy atom. The largest absolute Gasteiger partial charge is 0.469 e. The smallest absolute Gasteiger partial charge is 0.307 e. The first-order valence-electron chi connectivity index (χ1n) is 7.34. The maximum atomic E-state index is 11.8. The molecule has 1 aliphatic rings. The maximum absolute atomic E-state index is 11.8. The molecular formula is C14H29NO2SSi2. The molecule has 0 amide bonds. The fourth-order valence-electron chi connectivity index (χ4n) is 2.95. The van der Waals surface area contributed by atoms with Gasteiger partial charge in [0.25, 0.3) is 0 Å². The van der Waals surface area contributed by atoms with Crippen LogP contribution >= 0.6 is 12.2 Å². The second-order valence-electron chi connectivity index (χ2n) is 7.71. The van der Waals surface area contributed by atoms with Crippen LogP contribution in [0.1, 0.15) is 20.3 Å². The lowest BCUT2D eigenvalue weighted by molar-refractivity contribution is -0.141. The molecule has 0 bridgehead atoms. The van der Waals surface area contributed by atoms with E-state index in [9.17, 15) is 4.79 Å². The summed E-state index contributed by atoms with van der Waals surface area (Å²) in [4.78, 5) is 12.9. The normalized spacial score (nSPS) is 23.9. The van der Waals surface area contributed by atoms with Crippen LogP contribution in [0.3, 0.4) is 0 Å². The summed E-state index contributed by atoms with van der Waals surface area (Å²) in [7, 11) is -1.55. The van der Waals surface area contributed by atoms with Crippen molar-refractivity contribution in [3.05, 3.63) is 0 Å². The second-order valence-corrected chi connectivity index (χ2v) is 18.4. The van der Waals surface area contributed by atoms with Crippen molar-refractivity contribution >= 4 is 39.5 Å². The zero-order valence-corrected chi connectivity index (χ0v) is 16.9. The number of esters is 1. The van der Waals surface area contributed by atoms with Gasteiger partial charge >= 0.3 is 5.97 Å². The predicted octanol–water partition coefficient (Wildman–Crippen LogP) is 3.88. The Morgan fingerprint density at radius 2 is 1.80 bits per heavy atom. The minimum Gasteiger partial charge on any atom is -0.469 e. The Morgan fingerprint density at radius 3 is 2.15 bits per heavy atom. The van der Waals surface area contributed by atoms with Crippen molar-refractivity contribution < 1.29 is 9.53 Å². The summed E-state index contributed by atoms with van der Waals surface area (Å²) in [6.45, 7) is 16.3. The topological polar surface area (TPSA) is 29.5 Å². The van der Waals surface area contributed by atoms with Crippen LogP contribution in [0.2, 0.25) is 43.8 Å². The second kappa shape index (κ2) is 5.89. The molecule has 6 heteroatoms. The molecule has 0 aliphatic carbocycles. The van der Waals surface area contributed by atoms with Gasteiger partial charge in [-0.3, -0.25) is 4.79 Å². The molecule has 0 spiro atoms. The third kappa shape index (κ3) is 3.17. The molecule has 0 aromatic carbocycles. The van der Waals surface area contributed by atoms with Crippen molar-refractivity contribution in [3.63, 3.8) is 0 Å². The summed E-state index contributed by atoms with van der Waals surface area (Å²) in [5.74, 6) is -0.112. The van der Waals surface area contributed by atoms with Gasteiger partial charge in [0.2, 0.25) is 0 Å². The molecule has 116 valence electrons. The van der Waals surface area contributed by atoms with Gasteiger partial charge in [0.05, 0.1) is 26.6 Å². The van der Waals surface area contributed by atoms with Crippen molar-refractivity contribution in [3.8, 4) is 0 Å². The molecule has 0 aromatic rings. The highest BCUT2D eigenvalue weighted by Gasteiger charge is 2.56. The molecule has 1 fully saturated rings. The Balaban J connectivity index is 3.06. The quantitative estimate of drug-likeness (QED) is 0.434. The molecule has 1 heterocycles. The minimum atomic E-state index is -1.62. The molecule has 1 rings (SSSR count). The zero-order chi connectivity index (χ0) is 15.9. The number of carbonyl (C=O) groups is 1. The Labute approximate surface area is 131 Å². The van der Waals surface area contributed by atoms with E-state index in [2.05, 4.69) is 51.1 Å². The number of ether oxygens (including phenoxy) is 1. The molecule has 0 saturated carbocycles. The molecule has 2 atom stereocenters.